The Morgan fingerprint density at radius 3 is 2.42 bits per heavy atom. The molecular weight excluding hydrogens is 175 g/mol. The molecule has 0 spiro atoms. The van der Waals surface area contributed by atoms with Crippen molar-refractivity contribution in [3.05, 3.63) is 0 Å². The number of carbonyl (C=O) groups is 1. The average Bonchev–Trinajstić information content (AvgIpc) is 1.79. The summed E-state index contributed by atoms with van der Waals surface area (Å²) in [6, 6.07) is 0. The Morgan fingerprint density at radius 1 is 1.58 bits per heavy atom. The molecule has 0 fully saturated rings. The number of carbonyl (C=O) groups excluding carboxylic acids is 1. The van der Waals surface area contributed by atoms with Crippen LogP contribution in [0.15, 0.2) is 0 Å². The van der Waals surface area contributed by atoms with Crippen LogP contribution in [0.4, 0.5) is 13.2 Å². The van der Waals surface area contributed by atoms with Gasteiger partial charge in [0.1, 0.15) is 6.42 Å². The number of amides is 1. The Labute approximate surface area is 67.6 Å². The first-order chi connectivity index (χ1) is 5.31. The molecule has 0 rings (SSSR count). The highest BCUT2D eigenvalue weighted by Gasteiger charge is 2.30. The predicted octanol–water partition coefficient (Wildman–Crippen LogP) is 0.436. The van der Waals surface area contributed by atoms with Gasteiger partial charge in [-0.2, -0.15) is 13.2 Å². The highest BCUT2D eigenvalue weighted by Crippen LogP contribution is 2.18. The highest BCUT2D eigenvalue weighted by atomic mass is 19.4. The lowest BCUT2D eigenvalue weighted by Crippen LogP contribution is -2.33. The third-order valence-corrected chi connectivity index (χ3v) is 0.956. The van der Waals surface area contributed by atoms with E-state index in [1.807, 2.05) is 5.32 Å². The molecule has 0 saturated carbocycles. The number of aliphatic hydroxyl groups is 1. The highest BCUT2D eigenvalue weighted by molar-refractivity contribution is 5.76. The van der Waals surface area contributed by atoms with Crippen molar-refractivity contribution in [2.24, 2.45) is 0 Å². The lowest BCUT2D eigenvalue weighted by molar-refractivity contribution is -0.154. The largest absolute Gasteiger partial charge is 0.397 e. The van der Waals surface area contributed by atoms with Gasteiger partial charge in [-0.25, -0.2) is 0 Å². The molecule has 1 atom stereocenters. The fourth-order valence-electron chi connectivity index (χ4n) is 0.506. The minimum absolute atomic E-state index is 0.158. The lowest BCUT2D eigenvalue weighted by atomic mass is 10.3. The van der Waals surface area contributed by atoms with Crippen LogP contribution in [0.1, 0.15) is 13.3 Å². The summed E-state index contributed by atoms with van der Waals surface area (Å²) >= 11 is 0. The van der Waals surface area contributed by atoms with Crippen LogP contribution >= 0.6 is 0 Å². The average molecular weight is 185 g/mol. The molecule has 0 aliphatic heterocycles. The molecule has 0 radical (unpaired) electrons. The van der Waals surface area contributed by atoms with E-state index in [0.29, 0.717) is 0 Å². The van der Waals surface area contributed by atoms with Crippen molar-refractivity contribution in [3.8, 4) is 0 Å². The second kappa shape index (κ2) is 4.30. The molecule has 0 heterocycles. The molecular formula is C6H10F3NO2. The smallest absolute Gasteiger partial charge is 0.392 e. The van der Waals surface area contributed by atoms with Crippen LogP contribution in [0.3, 0.4) is 0 Å². The zero-order valence-electron chi connectivity index (χ0n) is 6.48. The summed E-state index contributed by atoms with van der Waals surface area (Å²) in [5.74, 6) is -1.12. The summed E-state index contributed by atoms with van der Waals surface area (Å²) < 4.78 is 34.5. The molecule has 0 saturated heterocycles. The Hall–Kier alpha value is -0.780. The first-order valence-corrected chi connectivity index (χ1v) is 3.33. The lowest BCUT2D eigenvalue weighted by Gasteiger charge is -2.08. The van der Waals surface area contributed by atoms with Crippen molar-refractivity contribution in [1.82, 2.24) is 5.32 Å². The van der Waals surface area contributed by atoms with Crippen molar-refractivity contribution in [1.29, 1.82) is 0 Å². The van der Waals surface area contributed by atoms with Crippen LogP contribution in [-0.2, 0) is 4.79 Å². The molecule has 0 unspecified atom stereocenters. The SMILES string of the molecule is C[C@@H](O)CNC(=O)CC(F)(F)F. The number of halogens is 3. The summed E-state index contributed by atoms with van der Waals surface area (Å²) in [5.41, 5.74) is 0. The van der Waals surface area contributed by atoms with Crippen LogP contribution < -0.4 is 5.32 Å². The molecule has 3 nitrogen and oxygen atoms in total. The Morgan fingerprint density at radius 2 is 2.08 bits per heavy atom. The molecule has 72 valence electrons. The van der Waals surface area contributed by atoms with Gasteiger partial charge in [0.05, 0.1) is 6.10 Å². The van der Waals surface area contributed by atoms with Gasteiger partial charge in [-0.05, 0) is 6.92 Å². The van der Waals surface area contributed by atoms with Crippen molar-refractivity contribution in [2.45, 2.75) is 25.6 Å². The van der Waals surface area contributed by atoms with Crippen molar-refractivity contribution >= 4 is 5.91 Å². The molecule has 0 bridgehead atoms. The Balaban J connectivity index is 3.61. The third kappa shape index (κ3) is 7.33. The molecule has 0 aromatic heterocycles. The van der Waals surface area contributed by atoms with Gasteiger partial charge >= 0.3 is 6.18 Å². The predicted molar refractivity (Wildman–Crippen MR) is 35.4 cm³/mol. The van der Waals surface area contributed by atoms with Crippen LogP contribution in [0.5, 0.6) is 0 Å². The topological polar surface area (TPSA) is 49.3 Å². The van der Waals surface area contributed by atoms with E-state index in [1.54, 1.807) is 0 Å². The molecule has 12 heavy (non-hydrogen) atoms. The number of hydrogen-bond acceptors (Lipinski definition) is 2. The van der Waals surface area contributed by atoms with Crippen molar-refractivity contribution in [3.63, 3.8) is 0 Å². The van der Waals surface area contributed by atoms with Crippen molar-refractivity contribution < 1.29 is 23.1 Å². The Kier molecular flexibility index (Phi) is 4.02. The Bertz CT molecular complexity index is 155. The zero-order chi connectivity index (χ0) is 9.78. The van der Waals surface area contributed by atoms with Crippen LogP contribution in [0.25, 0.3) is 0 Å². The fraction of sp³-hybridized carbons (Fsp3) is 0.833. The molecule has 0 aromatic rings. The minimum Gasteiger partial charge on any atom is -0.392 e. The van der Waals surface area contributed by atoms with Gasteiger partial charge < -0.3 is 10.4 Å². The van der Waals surface area contributed by atoms with E-state index in [4.69, 9.17) is 5.11 Å². The normalized spacial score (nSPS) is 14.1. The second-order valence-corrected chi connectivity index (χ2v) is 2.45. The van der Waals surface area contributed by atoms with E-state index in [1.165, 1.54) is 6.92 Å². The third-order valence-electron chi connectivity index (χ3n) is 0.956. The van der Waals surface area contributed by atoms with Gasteiger partial charge in [0, 0.05) is 6.54 Å². The fourth-order valence-corrected chi connectivity index (χ4v) is 0.506. The summed E-state index contributed by atoms with van der Waals surface area (Å²) in [7, 11) is 0. The number of nitrogens with one attached hydrogen (secondary N) is 1. The summed E-state index contributed by atoms with van der Waals surface area (Å²) in [5, 5.41) is 10.5. The number of rotatable bonds is 3. The van der Waals surface area contributed by atoms with Gasteiger partial charge in [-0.15, -0.1) is 0 Å². The van der Waals surface area contributed by atoms with E-state index < -0.39 is 24.6 Å². The standard InChI is InChI=1S/C6H10F3NO2/c1-4(11)3-10-5(12)2-6(7,8)9/h4,11H,2-3H2,1H3,(H,10,12)/t4-/m1/s1. The van der Waals surface area contributed by atoms with Gasteiger partial charge in [-0.3, -0.25) is 4.79 Å². The monoisotopic (exact) mass is 185 g/mol. The van der Waals surface area contributed by atoms with Gasteiger partial charge in [-0.1, -0.05) is 0 Å². The minimum atomic E-state index is -4.48. The number of aliphatic hydroxyl groups excluding tert-OH is 1. The number of alkyl halides is 3. The maximum atomic E-state index is 11.5. The number of hydrogen-bond donors (Lipinski definition) is 2. The second-order valence-electron chi connectivity index (χ2n) is 2.45. The van der Waals surface area contributed by atoms with Crippen LogP contribution in [0, 0.1) is 0 Å². The zero-order valence-corrected chi connectivity index (χ0v) is 6.48. The van der Waals surface area contributed by atoms with E-state index in [-0.39, 0.29) is 6.54 Å². The molecule has 6 heteroatoms. The van der Waals surface area contributed by atoms with Gasteiger partial charge in [0.2, 0.25) is 5.91 Å². The van der Waals surface area contributed by atoms with E-state index >= 15 is 0 Å². The summed E-state index contributed by atoms with van der Waals surface area (Å²) in [6.45, 7) is 1.21. The van der Waals surface area contributed by atoms with Gasteiger partial charge in [0.25, 0.3) is 0 Å². The maximum Gasteiger partial charge on any atom is 0.397 e. The maximum absolute atomic E-state index is 11.5. The van der Waals surface area contributed by atoms with Gasteiger partial charge in [0.15, 0.2) is 0 Å². The molecule has 0 aliphatic carbocycles. The summed E-state index contributed by atoms with van der Waals surface area (Å²) in [6.07, 6.45) is -6.81. The van der Waals surface area contributed by atoms with E-state index in [9.17, 15) is 18.0 Å². The summed E-state index contributed by atoms with van der Waals surface area (Å²) in [4.78, 5) is 10.4. The van der Waals surface area contributed by atoms with E-state index in [2.05, 4.69) is 0 Å². The van der Waals surface area contributed by atoms with E-state index in [0.717, 1.165) is 0 Å². The quantitative estimate of drug-likeness (QED) is 0.670. The first-order valence-electron chi connectivity index (χ1n) is 3.33. The first kappa shape index (κ1) is 11.2. The van der Waals surface area contributed by atoms with Crippen LogP contribution in [0.2, 0.25) is 0 Å². The van der Waals surface area contributed by atoms with Crippen LogP contribution in [-0.4, -0.2) is 29.8 Å². The van der Waals surface area contributed by atoms with Crippen molar-refractivity contribution in [2.75, 3.05) is 6.54 Å². The molecule has 1 amide bonds. The molecule has 0 aliphatic rings. The molecule has 2 N–H and O–H groups in total. The molecule has 0 aromatic carbocycles.